The Morgan fingerprint density at radius 1 is 0.912 bits per heavy atom. The molecule has 3 aromatic carbocycles. The molecular weight excluding hydrogens is 456 g/mol. The standard InChI is InChI=1S/C25H12N2O6S/c28-22-15-9-10-20-16(23(15)32-12-18(22)13-5-7-14(8-6-13)27(30)31)11-17(25(29)33-20)24-26-19-3-1-2-4-21(19)34-24/h1-12H. The Morgan fingerprint density at radius 2 is 1.71 bits per heavy atom. The predicted molar refractivity (Wildman–Crippen MR) is 129 cm³/mol. The normalized spacial score (nSPS) is 11.4. The van der Waals surface area contributed by atoms with Gasteiger partial charge in [-0.2, -0.15) is 0 Å². The number of nitrogens with zero attached hydrogens (tertiary/aromatic N) is 2. The Labute approximate surface area is 193 Å². The molecule has 0 aliphatic carbocycles. The lowest BCUT2D eigenvalue weighted by molar-refractivity contribution is -0.384. The number of non-ortho nitro benzene ring substituents is 1. The van der Waals surface area contributed by atoms with Gasteiger partial charge in [-0.05, 0) is 48.0 Å². The Balaban J connectivity index is 1.55. The summed E-state index contributed by atoms with van der Waals surface area (Å²) in [5.74, 6) is 0. The van der Waals surface area contributed by atoms with Crippen molar-refractivity contribution < 1.29 is 13.8 Å². The second kappa shape index (κ2) is 7.46. The molecule has 0 aliphatic heterocycles. The third-order valence-electron chi connectivity index (χ3n) is 5.56. The van der Waals surface area contributed by atoms with E-state index < -0.39 is 10.5 Å². The number of nitro benzene ring substituents is 1. The van der Waals surface area contributed by atoms with Crippen LogP contribution in [0.5, 0.6) is 0 Å². The second-order valence-corrected chi connectivity index (χ2v) is 8.60. The molecule has 3 aromatic heterocycles. The van der Waals surface area contributed by atoms with Crippen LogP contribution in [-0.2, 0) is 0 Å². The van der Waals surface area contributed by atoms with Gasteiger partial charge in [-0.25, -0.2) is 9.78 Å². The maximum Gasteiger partial charge on any atom is 0.346 e. The van der Waals surface area contributed by atoms with Crippen LogP contribution in [0.15, 0.2) is 91.4 Å². The molecule has 9 heteroatoms. The topological polar surface area (TPSA) is 116 Å². The molecule has 0 radical (unpaired) electrons. The number of thiazole rings is 1. The van der Waals surface area contributed by atoms with Crippen LogP contribution < -0.4 is 11.1 Å². The fourth-order valence-electron chi connectivity index (χ4n) is 3.89. The molecule has 0 atom stereocenters. The molecule has 0 saturated heterocycles. The highest BCUT2D eigenvalue weighted by atomic mass is 32.1. The monoisotopic (exact) mass is 468 g/mol. The number of aromatic nitrogens is 1. The number of hydrogen-bond acceptors (Lipinski definition) is 8. The third kappa shape index (κ3) is 3.10. The van der Waals surface area contributed by atoms with E-state index >= 15 is 0 Å². The van der Waals surface area contributed by atoms with Crippen LogP contribution in [0, 0.1) is 10.1 Å². The van der Waals surface area contributed by atoms with Crippen LogP contribution in [0.25, 0.3) is 53.9 Å². The van der Waals surface area contributed by atoms with Crippen LogP contribution in [0.2, 0.25) is 0 Å². The second-order valence-electron chi connectivity index (χ2n) is 7.57. The highest BCUT2D eigenvalue weighted by molar-refractivity contribution is 7.21. The Kier molecular flexibility index (Phi) is 4.39. The summed E-state index contributed by atoms with van der Waals surface area (Å²) in [6.45, 7) is 0. The van der Waals surface area contributed by atoms with E-state index in [1.54, 1.807) is 18.2 Å². The quantitative estimate of drug-likeness (QED) is 0.140. The van der Waals surface area contributed by atoms with E-state index in [1.165, 1.54) is 41.9 Å². The maximum atomic E-state index is 13.2. The Morgan fingerprint density at radius 3 is 2.47 bits per heavy atom. The first-order valence-corrected chi connectivity index (χ1v) is 10.9. The largest absolute Gasteiger partial charge is 0.463 e. The summed E-state index contributed by atoms with van der Waals surface area (Å²) in [6, 6.07) is 18.0. The van der Waals surface area contributed by atoms with Gasteiger partial charge < -0.3 is 8.83 Å². The highest BCUT2D eigenvalue weighted by Gasteiger charge is 2.17. The van der Waals surface area contributed by atoms with Crippen LogP contribution >= 0.6 is 11.3 Å². The van der Waals surface area contributed by atoms with Gasteiger partial charge in [-0.1, -0.05) is 12.1 Å². The first-order valence-electron chi connectivity index (χ1n) is 10.1. The summed E-state index contributed by atoms with van der Waals surface area (Å²) in [5.41, 5.74) is 1.48. The molecule has 8 nitrogen and oxygen atoms in total. The average molecular weight is 468 g/mol. The fourth-order valence-corrected chi connectivity index (χ4v) is 4.86. The summed E-state index contributed by atoms with van der Waals surface area (Å²) >= 11 is 1.37. The fraction of sp³-hybridized carbons (Fsp3) is 0. The number of hydrogen-bond donors (Lipinski definition) is 0. The molecule has 0 spiro atoms. The zero-order valence-electron chi connectivity index (χ0n) is 17.2. The van der Waals surface area contributed by atoms with Gasteiger partial charge in [0.05, 0.1) is 37.0 Å². The molecule has 0 saturated carbocycles. The van der Waals surface area contributed by atoms with Crippen LogP contribution in [0.4, 0.5) is 5.69 Å². The minimum atomic E-state index is -0.532. The van der Waals surface area contributed by atoms with Crippen LogP contribution in [0.3, 0.4) is 0 Å². The zero-order chi connectivity index (χ0) is 23.4. The van der Waals surface area contributed by atoms with E-state index in [2.05, 4.69) is 4.98 Å². The van der Waals surface area contributed by atoms with Crippen molar-refractivity contribution in [1.82, 2.24) is 4.98 Å². The summed E-state index contributed by atoms with van der Waals surface area (Å²) in [4.78, 5) is 40.9. The van der Waals surface area contributed by atoms with Gasteiger partial charge in [-0.15, -0.1) is 11.3 Å². The summed E-state index contributed by atoms with van der Waals surface area (Å²) in [7, 11) is 0. The predicted octanol–water partition coefficient (Wildman–Crippen LogP) is 5.75. The average Bonchev–Trinajstić information content (AvgIpc) is 3.28. The van der Waals surface area contributed by atoms with Crippen LogP contribution in [-0.4, -0.2) is 9.91 Å². The van der Waals surface area contributed by atoms with E-state index in [1.807, 2.05) is 24.3 Å². The molecule has 0 N–H and O–H groups in total. The minimum Gasteiger partial charge on any atom is -0.463 e. The molecule has 0 unspecified atom stereocenters. The van der Waals surface area contributed by atoms with Crippen molar-refractivity contribution in [2.75, 3.05) is 0 Å². The van der Waals surface area contributed by atoms with Gasteiger partial charge >= 0.3 is 5.63 Å². The van der Waals surface area contributed by atoms with E-state index in [-0.39, 0.29) is 33.4 Å². The lowest BCUT2D eigenvalue weighted by atomic mass is 10.0. The molecule has 34 heavy (non-hydrogen) atoms. The molecule has 0 fully saturated rings. The van der Waals surface area contributed by atoms with E-state index in [9.17, 15) is 19.7 Å². The maximum absolute atomic E-state index is 13.2. The van der Waals surface area contributed by atoms with Crippen molar-refractivity contribution in [1.29, 1.82) is 0 Å². The van der Waals surface area contributed by atoms with Crippen molar-refractivity contribution in [2.24, 2.45) is 0 Å². The molecule has 6 aromatic rings. The third-order valence-corrected chi connectivity index (χ3v) is 6.63. The van der Waals surface area contributed by atoms with Gasteiger partial charge in [0.25, 0.3) is 5.69 Å². The molecule has 0 amide bonds. The number of rotatable bonds is 3. The van der Waals surface area contributed by atoms with E-state index in [4.69, 9.17) is 8.83 Å². The highest BCUT2D eigenvalue weighted by Crippen LogP contribution is 2.32. The van der Waals surface area contributed by atoms with Gasteiger partial charge in [0.2, 0.25) is 5.43 Å². The van der Waals surface area contributed by atoms with Gasteiger partial charge in [0, 0.05) is 12.1 Å². The van der Waals surface area contributed by atoms with E-state index in [0.29, 0.717) is 21.3 Å². The van der Waals surface area contributed by atoms with Crippen molar-refractivity contribution in [3.63, 3.8) is 0 Å². The zero-order valence-corrected chi connectivity index (χ0v) is 18.0. The first kappa shape index (κ1) is 20.0. The summed E-state index contributed by atoms with van der Waals surface area (Å²) in [5, 5.41) is 12.2. The minimum absolute atomic E-state index is 0.0719. The van der Waals surface area contributed by atoms with Gasteiger partial charge in [0.1, 0.15) is 22.4 Å². The number of benzene rings is 3. The lowest BCUT2D eigenvalue weighted by Gasteiger charge is -2.06. The van der Waals surface area contributed by atoms with E-state index in [0.717, 1.165) is 10.2 Å². The Bertz CT molecular complexity index is 1850. The SMILES string of the molecule is O=c1oc2ccc3c(=O)c(-c4ccc([N+](=O)[O-])cc4)coc3c2cc1-c1nc2ccccc2s1. The number of para-hydroxylation sites is 1. The molecule has 6 rings (SSSR count). The molecule has 164 valence electrons. The van der Waals surface area contributed by atoms with Crippen molar-refractivity contribution >= 4 is 49.2 Å². The van der Waals surface area contributed by atoms with Crippen molar-refractivity contribution in [3.05, 3.63) is 104 Å². The lowest BCUT2D eigenvalue weighted by Crippen LogP contribution is -2.06. The summed E-state index contributed by atoms with van der Waals surface area (Å²) < 4.78 is 12.3. The smallest absolute Gasteiger partial charge is 0.346 e. The number of fused-ring (bicyclic) bond motifs is 4. The summed E-state index contributed by atoms with van der Waals surface area (Å²) in [6.07, 6.45) is 1.31. The van der Waals surface area contributed by atoms with Gasteiger partial charge in [-0.3, -0.25) is 14.9 Å². The van der Waals surface area contributed by atoms with Crippen molar-refractivity contribution in [3.8, 4) is 21.7 Å². The molecule has 3 heterocycles. The molecular formula is C25H12N2O6S. The van der Waals surface area contributed by atoms with Crippen molar-refractivity contribution in [2.45, 2.75) is 0 Å². The first-order chi connectivity index (χ1) is 16.5. The molecule has 0 bridgehead atoms. The number of nitro groups is 1. The Hall–Kier alpha value is -4.63. The van der Waals surface area contributed by atoms with Crippen LogP contribution in [0.1, 0.15) is 0 Å². The van der Waals surface area contributed by atoms with Gasteiger partial charge in [0.15, 0.2) is 0 Å². The molecule has 0 aliphatic rings.